The van der Waals surface area contributed by atoms with Gasteiger partial charge in [0.25, 0.3) is 0 Å². The van der Waals surface area contributed by atoms with Crippen LogP contribution in [0.1, 0.15) is 0 Å². The Labute approximate surface area is 42.9 Å². The summed E-state index contributed by atoms with van der Waals surface area (Å²) >= 11 is -3.20. The third-order valence-corrected chi connectivity index (χ3v) is 2.92. The van der Waals surface area contributed by atoms with E-state index in [1.54, 1.807) is 0 Å². The van der Waals surface area contributed by atoms with Crippen LogP contribution in [0.4, 0.5) is 4.79 Å². The predicted octanol–water partition coefficient (Wildman–Crippen LogP) is -0.431. The average molecular weight is 283 g/mol. The van der Waals surface area contributed by atoms with Crippen LogP contribution in [-0.4, -0.2) is 29.8 Å². The van der Waals surface area contributed by atoms with E-state index >= 15 is 0 Å². The van der Waals surface area contributed by atoms with Gasteiger partial charge >= 0.3 is 42.6 Å². The Hall–Kier alpha value is -0.00792. The minimum atomic E-state index is -3.20. The normalized spacial score (nSPS) is 18.0. The van der Waals surface area contributed by atoms with Crippen molar-refractivity contribution in [3.05, 3.63) is 0 Å². The Morgan fingerprint density at radius 2 is 2.00 bits per heavy atom. The van der Waals surface area contributed by atoms with Gasteiger partial charge in [-0.3, -0.25) is 0 Å². The first-order valence-electron chi connectivity index (χ1n) is 1.22. The van der Waals surface area contributed by atoms with Crippen LogP contribution in [0.3, 0.4) is 0 Å². The van der Waals surface area contributed by atoms with E-state index in [0.717, 1.165) is 0 Å². The molecule has 1 aliphatic rings. The molecule has 6 heavy (non-hydrogen) atoms. The zero-order valence-corrected chi connectivity index (χ0v) is 6.52. The predicted molar refractivity (Wildman–Crippen MR) is 14.0 cm³/mol. The second kappa shape index (κ2) is 1.25. The Balaban J connectivity index is 2.47. The molecule has 0 unspecified atom stereocenters. The van der Waals surface area contributed by atoms with E-state index in [1.807, 2.05) is 0 Å². The number of carbonyl (C=O) groups excluding carboxylic acids is 1. The van der Waals surface area contributed by atoms with Crippen molar-refractivity contribution >= 4 is 29.8 Å². The number of hydrogen-bond acceptors (Lipinski definition) is 4. The monoisotopic (exact) mass is 284 g/mol. The van der Waals surface area contributed by atoms with Gasteiger partial charge in [0.2, 0.25) is 0 Å². The summed E-state index contributed by atoms with van der Waals surface area (Å²) in [6.45, 7) is 0. The van der Waals surface area contributed by atoms with Crippen LogP contribution in [-0.2, 0) is 8.06 Å². The topological polar surface area (TPSA) is 52.6 Å². The maximum atomic E-state index is 9.74. The van der Waals surface area contributed by atoms with Crippen molar-refractivity contribution in [1.82, 2.24) is 0 Å². The summed E-state index contributed by atoms with van der Waals surface area (Å²) in [7, 11) is 0. The first kappa shape index (κ1) is 4.16. The van der Waals surface area contributed by atoms with Gasteiger partial charge in [0.05, 0.1) is 0 Å². The molecule has 0 aliphatic carbocycles. The average Bonchev–Trinajstić information content (AvgIpc) is 1.33. The molecule has 0 amide bonds. The molecule has 32 valence electrons. The van der Waals surface area contributed by atoms with Crippen LogP contribution in [0.5, 0.6) is 0 Å². The van der Waals surface area contributed by atoms with Crippen molar-refractivity contribution in [1.29, 1.82) is 0 Å². The van der Waals surface area contributed by atoms with Crippen LogP contribution in [0.2, 0.25) is 0 Å². The second-order valence-electron chi connectivity index (χ2n) is 0.704. The Bertz CT molecular complexity index is 84.1. The van der Waals surface area contributed by atoms with E-state index in [1.165, 1.54) is 0 Å². The molecule has 1 fully saturated rings. The van der Waals surface area contributed by atoms with Crippen LogP contribution in [0.25, 0.3) is 0 Å². The van der Waals surface area contributed by atoms with Gasteiger partial charge in [-0.2, -0.15) is 0 Å². The van der Waals surface area contributed by atoms with Gasteiger partial charge in [0.15, 0.2) is 0 Å². The molecular formula is CO4Pb. The van der Waals surface area contributed by atoms with Gasteiger partial charge in [0, 0.05) is 0 Å². The Kier molecular flexibility index (Phi) is 0.863. The number of carbonyl (C=O) groups is 1. The van der Waals surface area contributed by atoms with E-state index in [9.17, 15) is 7.48 Å². The van der Waals surface area contributed by atoms with Gasteiger partial charge in [0.1, 0.15) is 0 Å². The van der Waals surface area contributed by atoms with Gasteiger partial charge in [-0.15, -0.1) is 0 Å². The fourth-order valence-corrected chi connectivity index (χ4v) is 1.26. The molecule has 4 nitrogen and oxygen atoms in total. The summed E-state index contributed by atoms with van der Waals surface area (Å²) in [5.74, 6) is 0. The maximum absolute atomic E-state index is 9.74. The van der Waals surface area contributed by atoms with Gasteiger partial charge in [-0.25, -0.2) is 0 Å². The summed E-state index contributed by atoms with van der Waals surface area (Å²) in [5.41, 5.74) is 0. The molecule has 1 saturated heterocycles. The SMILES string of the molecule is O=C1[O][Pb](=[O])[O]1. The second-order valence-corrected chi connectivity index (χ2v) is 4.23. The zero-order chi connectivity index (χ0) is 4.57. The third-order valence-electron chi connectivity index (χ3n) is 0.333. The van der Waals surface area contributed by atoms with Gasteiger partial charge < -0.3 is 0 Å². The molecule has 0 aromatic heterocycles. The van der Waals surface area contributed by atoms with Crippen molar-refractivity contribution in [3.63, 3.8) is 0 Å². The van der Waals surface area contributed by atoms with E-state index in [4.69, 9.17) is 0 Å². The third kappa shape index (κ3) is 0.560. The molecule has 0 bridgehead atoms. The zero-order valence-electron chi connectivity index (χ0n) is 2.63. The molecule has 0 spiro atoms. The molecule has 1 rings (SSSR count). The van der Waals surface area contributed by atoms with Crippen molar-refractivity contribution in [3.8, 4) is 0 Å². The minimum absolute atomic E-state index is 0.785. The first-order valence-corrected chi connectivity index (χ1v) is 5.99. The molecule has 0 radical (unpaired) electrons. The van der Waals surface area contributed by atoms with Gasteiger partial charge in [-0.05, 0) is 0 Å². The molecule has 0 aromatic carbocycles. The van der Waals surface area contributed by atoms with E-state index in [0.29, 0.717) is 0 Å². The Morgan fingerprint density at radius 1 is 1.50 bits per heavy atom. The molecule has 1 aliphatic heterocycles. The van der Waals surface area contributed by atoms with Crippen LogP contribution >= 0.6 is 0 Å². The van der Waals surface area contributed by atoms with Crippen molar-refractivity contribution in [2.45, 2.75) is 0 Å². The summed E-state index contributed by atoms with van der Waals surface area (Å²) in [6, 6.07) is 0. The molecule has 1 heterocycles. The number of rotatable bonds is 0. The van der Waals surface area contributed by atoms with E-state index in [2.05, 4.69) is 5.37 Å². The Morgan fingerprint density at radius 3 is 2.00 bits per heavy atom. The van der Waals surface area contributed by atoms with Crippen LogP contribution in [0, 0.1) is 0 Å². The van der Waals surface area contributed by atoms with E-state index in [-0.39, 0.29) is 0 Å². The number of hydrogen-bond donors (Lipinski definition) is 0. The van der Waals surface area contributed by atoms with Crippen LogP contribution in [0.15, 0.2) is 0 Å². The molecule has 0 aromatic rings. The summed E-state index contributed by atoms with van der Waals surface area (Å²) in [6.07, 6.45) is -0.785. The van der Waals surface area contributed by atoms with Crippen LogP contribution < -0.4 is 0 Å². The standard InChI is InChI=1S/CH2O3.O.Pb/c2-1(3)4;;/h(H2,2,3,4);;/q;;+2/p-2. The fourth-order valence-electron chi connectivity index (χ4n) is 0.144. The fraction of sp³-hybridized carbons (Fsp3) is 0. The quantitative estimate of drug-likeness (QED) is 0.566. The first-order chi connectivity index (χ1) is 2.79. The van der Waals surface area contributed by atoms with Crippen molar-refractivity contribution < 1.29 is 12.9 Å². The van der Waals surface area contributed by atoms with Crippen molar-refractivity contribution in [2.24, 2.45) is 0 Å². The molecule has 0 atom stereocenters. The summed E-state index contributed by atoms with van der Waals surface area (Å²) < 4.78 is 17.6. The summed E-state index contributed by atoms with van der Waals surface area (Å²) in [5, 5.41) is 0. The van der Waals surface area contributed by atoms with Crippen molar-refractivity contribution in [2.75, 3.05) is 0 Å². The molecule has 0 N–H and O–H groups in total. The van der Waals surface area contributed by atoms with Gasteiger partial charge in [-0.1, -0.05) is 0 Å². The van der Waals surface area contributed by atoms with E-state index < -0.39 is 29.8 Å². The molecule has 0 saturated carbocycles. The molecule has 5 heteroatoms. The summed E-state index contributed by atoms with van der Waals surface area (Å²) in [4.78, 5) is 9.52. The molecular weight excluding hydrogens is 283 g/mol.